The van der Waals surface area contributed by atoms with Gasteiger partial charge in [-0.2, -0.15) is 0 Å². The summed E-state index contributed by atoms with van der Waals surface area (Å²) < 4.78 is 24.4. The number of ether oxygens (including phenoxy) is 2. The molecule has 0 aliphatic rings. The van der Waals surface area contributed by atoms with E-state index < -0.39 is 5.82 Å². The summed E-state index contributed by atoms with van der Waals surface area (Å²) in [6.07, 6.45) is 0. The van der Waals surface area contributed by atoms with E-state index in [1.165, 1.54) is 13.2 Å². The van der Waals surface area contributed by atoms with Crippen LogP contribution in [0.1, 0.15) is 17.2 Å². The summed E-state index contributed by atoms with van der Waals surface area (Å²) in [5, 5.41) is 0. The van der Waals surface area contributed by atoms with Gasteiger partial charge in [0.05, 0.1) is 20.3 Å². The van der Waals surface area contributed by atoms with Crippen LogP contribution in [0.3, 0.4) is 0 Å². The lowest BCUT2D eigenvalue weighted by atomic mass is 9.99. The Hall–Kier alpha value is -1.59. The number of benzene rings is 2. The van der Waals surface area contributed by atoms with Crippen molar-refractivity contribution in [3.63, 3.8) is 0 Å². The maximum atomic E-state index is 13.4. The highest BCUT2D eigenvalue weighted by molar-refractivity contribution is 9.10. The van der Waals surface area contributed by atoms with Crippen LogP contribution in [0.5, 0.6) is 11.5 Å². The van der Waals surface area contributed by atoms with Gasteiger partial charge in [-0.25, -0.2) is 4.39 Å². The zero-order chi connectivity index (χ0) is 14.7. The van der Waals surface area contributed by atoms with Gasteiger partial charge in [0.15, 0.2) is 11.6 Å². The lowest BCUT2D eigenvalue weighted by Crippen LogP contribution is -2.13. The minimum Gasteiger partial charge on any atom is -0.497 e. The van der Waals surface area contributed by atoms with Gasteiger partial charge in [0, 0.05) is 4.47 Å². The first-order valence-electron chi connectivity index (χ1n) is 5.99. The molecule has 1 unspecified atom stereocenters. The fraction of sp³-hybridized carbons (Fsp3) is 0.200. The Labute approximate surface area is 125 Å². The van der Waals surface area contributed by atoms with Crippen molar-refractivity contribution in [2.75, 3.05) is 14.2 Å². The molecular formula is C15H15BrFNO2. The van der Waals surface area contributed by atoms with Crippen LogP contribution in [0.25, 0.3) is 0 Å². The van der Waals surface area contributed by atoms with Crippen LogP contribution in [0.4, 0.5) is 4.39 Å². The third-order valence-electron chi connectivity index (χ3n) is 3.08. The van der Waals surface area contributed by atoms with Crippen molar-refractivity contribution in [1.29, 1.82) is 0 Å². The van der Waals surface area contributed by atoms with E-state index in [1.54, 1.807) is 19.2 Å². The summed E-state index contributed by atoms with van der Waals surface area (Å²) in [6, 6.07) is 9.78. The maximum absolute atomic E-state index is 13.4. The van der Waals surface area contributed by atoms with Crippen LogP contribution in [-0.4, -0.2) is 14.2 Å². The van der Waals surface area contributed by atoms with Crippen molar-refractivity contribution in [2.24, 2.45) is 5.73 Å². The molecule has 0 saturated carbocycles. The van der Waals surface area contributed by atoms with E-state index in [0.717, 1.165) is 21.3 Å². The average Bonchev–Trinajstić information content (AvgIpc) is 2.47. The first-order chi connectivity index (χ1) is 9.56. The lowest BCUT2D eigenvalue weighted by molar-refractivity contribution is 0.385. The first-order valence-corrected chi connectivity index (χ1v) is 6.78. The van der Waals surface area contributed by atoms with E-state index >= 15 is 0 Å². The van der Waals surface area contributed by atoms with Crippen molar-refractivity contribution in [3.8, 4) is 11.5 Å². The summed E-state index contributed by atoms with van der Waals surface area (Å²) in [4.78, 5) is 0. The van der Waals surface area contributed by atoms with Crippen LogP contribution in [0.15, 0.2) is 40.9 Å². The van der Waals surface area contributed by atoms with Crippen LogP contribution in [0, 0.1) is 5.82 Å². The Balaban J connectivity index is 2.38. The van der Waals surface area contributed by atoms with Gasteiger partial charge in [0.25, 0.3) is 0 Å². The van der Waals surface area contributed by atoms with Crippen molar-refractivity contribution in [3.05, 3.63) is 57.8 Å². The van der Waals surface area contributed by atoms with Crippen molar-refractivity contribution < 1.29 is 13.9 Å². The molecule has 0 heterocycles. The second kappa shape index (κ2) is 6.24. The molecule has 0 bridgehead atoms. The standard InChI is InChI=1S/C15H15BrFNO2/c1-19-10-4-5-11(12(16)8-10)15(18)9-3-6-13(17)14(7-9)20-2/h3-8,15H,18H2,1-2H3. The molecule has 2 rings (SSSR count). The number of halogens is 2. The molecule has 3 nitrogen and oxygen atoms in total. The first kappa shape index (κ1) is 14.8. The van der Waals surface area contributed by atoms with Gasteiger partial charge < -0.3 is 15.2 Å². The predicted molar refractivity (Wildman–Crippen MR) is 79.7 cm³/mol. The minimum atomic E-state index is -0.405. The molecule has 2 aromatic carbocycles. The van der Waals surface area contributed by atoms with Crippen LogP contribution >= 0.6 is 15.9 Å². The van der Waals surface area contributed by atoms with E-state index in [0.29, 0.717) is 0 Å². The summed E-state index contributed by atoms with van der Waals surface area (Å²) in [5.74, 6) is 0.518. The van der Waals surface area contributed by atoms with Gasteiger partial charge in [-0.3, -0.25) is 0 Å². The van der Waals surface area contributed by atoms with Crippen LogP contribution in [0.2, 0.25) is 0 Å². The van der Waals surface area contributed by atoms with E-state index in [4.69, 9.17) is 15.2 Å². The maximum Gasteiger partial charge on any atom is 0.165 e. The van der Waals surface area contributed by atoms with Gasteiger partial charge in [-0.1, -0.05) is 28.1 Å². The summed E-state index contributed by atoms with van der Waals surface area (Å²) in [5.41, 5.74) is 7.89. The zero-order valence-electron chi connectivity index (χ0n) is 11.2. The fourth-order valence-corrected chi connectivity index (χ4v) is 2.54. The smallest absolute Gasteiger partial charge is 0.165 e. The fourth-order valence-electron chi connectivity index (χ4n) is 1.94. The SMILES string of the molecule is COc1ccc(C(N)c2ccc(F)c(OC)c2)c(Br)c1. The highest BCUT2D eigenvalue weighted by Crippen LogP contribution is 2.31. The normalized spacial score (nSPS) is 12.1. The van der Waals surface area contributed by atoms with E-state index in [-0.39, 0.29) is 11.8 Å². The summed E-state index contributed by atoms with van der Waals surface area (Å²) >= 11 is 3.47. The molecule has 0 aliphatic carbocycles. The molecule has 5 heteroatoms. The average molecular weight is 340 g/mol. The molecule has 0 amide bonds. The second-order valence-corrected chi connectivity index (χ2v) is 5.11. The molecule has 20 heavy (non-hydrogen) atoms. The summed E-state index contributed by atoms with van der Waals surface area (Å²) in [6.45, 7) is 0. The molecule has 1 atom stereocenters. The predicted octanol–water partition coefficient (Wildman–Crippen LogP) is 3.65. The molecule has 0 saturated heterocycles. The van der Waals surface area contributed by atoms with Crippen molar-refractivity contribution in [2.45, 2.75) is 6.04 Å². The monoisotopic (exact) mass is 339 g/mol. The van der Waals surface area contributed by atoms with Crippen LogP contribution < -0.4 is 15.2 Å². The van der Waals surface area contributed by atoms with E-state index in [9.17, 15) is 4.39 Å². The Morgan fingerprint density at radius 2 is 1.85 bits per heavy atom. The highest BCUT2D eigenvalue weighted by Gasteiger charge is 2.15. The quantitative estimate of drug-likeness (QED) is 0.924. The Bertz CT molecular complexity index is 619. The van der Waals surface area contributed by atoms with E-state index in [1.807, 2.05) is 18.2 Å². The van der Waals surface area contributed by atoms with Gasteiger partial charge in [0.2, 0.25) is 0 Å². The molecule has 0 aromatic heterocycles. The molecule has 0 spiro atoms. The number of hydrogen-bond donors (Lipinski definition) is 1. The van der Waals surface area contributed by atoms with Gasteiger partial charge in [-0.05, 0) is 35.4 Å². The number of nitrogens with two attached hydrogens (primary N) is 1. The summed E-state index contributed by atoms with van der Waals surface area (Å²) in [7, 11) is 3.03. The van der Waals surface area contributed by atoms with Crippen LogP contribution in [-0.2, 0) is 0 Å². The molecule has 2 N–H and O–H groups in total. The Morgan fingerprint density at radius 3 is 2.45 bits per heavy atom. The third-order valence-corrected chi connectivity index (χ3v) is 3.76. The Kier molecular flexibility index (Phi) is 4.62. The van der Waals surface area contributed by atoms with Gasteiger partial charge in [-0.15, -0.1) is 0 Å². The van der Waals surface area contributed by atoms with Crippen molar-refractivity contribution in [1.82, 2.24) is 0 Å². The largest absolute Gasteiger partial charge is 0.497 e. The number of hydrogen-bond acceptors (Lipinski definition) is 3. The Morgan fingerprint density at radius 1 is 1.10 bits per heavy atom. The van der Waals surface area contributed by atoms with E-state index in [2.05, 4.69) is 15.9 Å². The van der Waals surface area contributed by atoms with Gasteiger partial charge in [0.1, 0.15) is 5.75 Å². The number of rotatable bonds is 4. The molecule has 2 aromatic rings. The van der Waals surface area contributed by atoms with Crippen molar-refractivity contribution >= 4 is 15.9 Å². The van der Waals surface area contributed by atoms with Gasteiger partial charge >= 0.3 is 0 Å². The second-order valence-electron chi connectivity index (χ2n) is 4.26. The topological polar surface area (TPSA) is 44.5 Å². The third kappa shape index (κ3) is 2.94. The lowest BCUT2D eigenvalue weighted by Gasteiger charge is -2.16. The molecule has 0 fully saturated rings. The minimum absolute atomic E-state index is 0.183. The zero-order valence-corrected chi connectivity index (χ0v) is 12.8. The molecule has 0 radical (unpaired) electrons. The molecule has 106 valence electrons. The molecular weight excluding hydrogens is 325 g/mol. The number of methoxy groups -OCH3 is 2. The highest BCUT2D eigenvalue weighted by atomic mass is 79.9. The molecule has 0 aliphatic heterocycles.